The van der Waals surface area contributed by atoms with E-state index in [1.165, 1.54) is 12.1 Å². The molecule has 3 rings (SSSR count). The summed E-state index contributed by atoms with van der Waals surface area (Å²) in [6.07, 6.45) is 0. The Morgan fingerprint density at radius 1 is 1.07 bits per heavy atom. The number of aromatic nitrogens is 2. The quantitative estimate of drug-likeness (QED) is 0.568. The zero-order valence-electron chi connectivity index (χ0n) is 15.9. The van der Waals surface area contributed by atoms with Gasteiger partial charge in [0.1, 0.15) is 25.5 Å². The summed E-state index contributed by atoms with van der Waals surface area (Å²) in [5.74, 6) is 0.357. The molecule has 0 spiro atoms. The molecule has 2 aromatic carbocycles. The van der Waals surface area contributed by atoms with Gasteiger partial charge in [-0.3, -0.25) is 9.36 Å². The molecule has 1 aromatic heterocycles. The fourth-order valence-electron chi connectivity index (χ4n) is 3.31. The number of likely N-dealkylation sites (N-methyl/N-ethyl adjacent to an activating group) is 1. The van der Waals surface area contributed by atoms with E-state index in [-0.39, 0.29) is 11.4 Å². The molecule has 3 N–H and O–H groups in total. The first-order valence-electron chi connectivity index (χ1n) is 9.55. The van der Waals surface area contributed by atoms with Crippen LogP contribution in [0.2, 0.25) is 0 Å². The van der Waals surface area contributed by atoms with Crippen molar-refractivity contribution in [3.05, 3.63) is 70.5 Å². The number of benzene rings is 2. The standard InChI is InChI=1S/C21H25FN4O/c1-3-25(4-2)14-13-23-15-20-24-19-8-6-5-7-18(19)21(27)26(20)17-11-9-16(22)10-12-17/h5-12,23H,3-4,13-15H2,1-2H3/p+2. The monoisotopic (exact) mass is 370 g/mol. The molecule has 0 amide bonds. The average Bonchev–Trinajstić information content (AvgIpc) is 2.69. The highest BCUT2D eigenvalue weighted by molar-refractivity contribution is 5.77. The minimum Gasteiger partial charge on any atom is -0.335 e. The molecule has 0 saturated carbocycles. The highest BCUT2D eigenvalue weighted by atomic mass is 19.1. The van der Waals surface area contributed by atoms with Crippen molar-refractivity contribution < 1.29 is 14.6 Å². The van der Waals surface area contributed by atoms with E-state index in [9.17, 15) is 9.18 Å². The number of fused-ring (bicyclic) bond motifs is 1. The van der Waals surface area contributed by atoms with Crippen LogP contribution in [0.5, 0.6) is 0 Å². The number of hydrogen-bond donors (Lipinski definition) is 2. The van der Waals surface area contributed by atoms with E-state index < -0.39 is 0 Å². The Morgan fingerprint density at radius 2 is 1.78 bits per heavy atom. The summed E-state index contributed by atoms with van der Waals surface area (Å²) in [5.41, 5.74) is 1.21. The predicted octanol–water partition coefficient (Wildman–Crippen LogP) is 0.513. The van der Waals surface area contributed by atoms with Gasteiger partial charge in [0.15, 0.2) is 5.82 Å². The Hall–Kier alpha value is -2.57. The highest BCUT2D eigenvalue weighted by Gasteiger charge is 2.14. The number of hydrogen-bond acceptors (Lipinski definition) is 2. The number of rotatable bonds is 8. The zero-order chi connectivity index (χ0) is 19.2. The van der Waals surface area contributed by atoms with Crippen LogP contribution in [-0.4, -0.2) is 35.7 Å². The Morgan fingerprint density at radius 3 is 2.48 bits per heavy atom. The van der Waals surface area contributed by atoms with Crippen molar-refractivity contribution in [3.8, 4) is 5.69 Å². The number of quaternary nitrogens is 2. The minimum absolute atomic E-state index is 0.120. The highest BCUT2D eigenvalue weighted by Crippen LogP contribution is 2.13. The number of halogens is 1. The number of para-hydroxylation sites is 1. The maximum Gasteiger partial charge on any atom is 0.266 e. The van der Waals surface area contributed by atoms with Crippen LogP contribution in [0.4, 0.5) is 4.39 Å². The summed E-state index contributed by atoms with van der Waals surface area (Å²) in [5, 5.41) is 2.75. The van der Waals surface area contributed by atoms with Gasteiger partial charge in [-0.2, -0.15) is 0 Å². The van der Waals surface area contributed by atoms with Crippen LogP contribution in [0.15, 0.2) is 53.3 Å². The minimum atomic E-state index is -0.323. The van der Waals surface area contributed by atoms with Crippen LogP contribution < -0.4 is 15.8 Å². The van der Waals surface area contributed by atoms with Gasteiger partial charge in [0, 0.05) is 0 Å². The maximum absolute atomic E-state index is 13.3. The molecular formula is C21H27FN4O+2. The van der Waals surface area contributed by atoms with Gasteiger partial charge in [-0.1, -0.05) is 12.1 Å². The van der Waals surface area contributed by atoms with Gasteiger partial charge in [-0.15, -0.1) is 0 Å². The van der Waals surface area contributed by atoms with Crippen molar-refractivity contribution in [1.82, 2.24) is 9.55 Å². The van der Waals surface area contributed by atoms with Gasteiger partial charge in [0.25, 0.3) is 5.56 Å². The van der Waals surface area contributed by atoms with E-state index in [2.05, 4.69) is 19.2 Å². The lowest BCUT2D eigenvalue weighted by Crippen LogP contribution is -3.14. The molecular weight excluding hydrogens is 343 g/mol. The summed E-state index contributed by atoms with van der Waals surface area (Å²) in [4.78, 5) is 19.4. The van der Waals surface area contributed by atoms with Crippen LogP contribution in [0, 0.1) is 5.82 Å². The van der Waals surface area contributed by atoms with E-state index >= 15 is 0 Å². The molecule has 3 aromatic rings. The summed E-state index contributed by atoms with van der Waals surface area (Å²) in [7, 11) is 0. The third kappa shape index (κ3) is 4.40. The van der Waals surface area contributed by atoms with E-state index in [1.807, 2.05) is 18.2 Å². The lowest BCUT2D eigenvalue weighted by molar-refractivity contribution is -0.910. The maximum atomic E-state index is 13.3. The number of nitrogens with two attached hydrogens (primary N) is 1. The lowest BCUT2D eigenvalue weighted by Gasteiger charge is -2.15. The smallest absolute Gasteiger partial charge is 0.266 e. The van der Waals surface area contributed by atoms with Crippen molar-refractivity contribution in [2.24, 2.45) is 0 Å². The Balaban J connectivity index is 1.93. The Kier molecular flexibility index (Phi) is 6.32. The van der Waals surface area contributed by atoms with Crippen LogP contribution in [0.25, 0.3) is 16.6 Å². The molecule has 0 aliphatic rings. The van der Waals surface area contributed by atoms with Crippen molar-refractivity contribution in [3.63, 3.8) is 0 Å². The first-order chi connectivity index (χ1) is 13.1. The molecule has 27 heavy (non-hydrogen) atoms. The third-order valence-electron chi connectivity index (χ3n) is 4.96. The van der Waals surface area contributed by atoms with E-state index in [0.29, 0.717) is 29.0 Å². The van der Waals surface area contributed by atoms with Crippen LogP contribution in [0.1, 0.15) is 19.7 Å². The summed E-state index contributed by atoms with van der Waals surface area (Å²) >= 11 is 0. The van der Waals surface area contributed by atoms with Crippen molar-refractivity contribution in [2.45, 2.75) is 20.4 Å². The summed E-state index contributed by atoms with van der Waals surface area (Å²) in [6, 6.07) is 13.3. The van der Waals surface area contributed by atoms with Crippen LogP contribution in [-0.2, 0) is 6.54 Å². The van der Waals surface area contributed by atoms with Gasteiger partial charge in [-0.05, 0) is 50.2 Å². The molecule has 6 heteroatoms. The number of nitrogens with one attached hydrogen (secondary N) is 1. The molecule has 0 fully saturated rings. The summed E-state index contributed by atoms with van der Waals surface area (Å²) in [6.45, 7) is 9.23. The molecule has 0 saturated heterocycles. The predicted molar refractivity (Wildman–Crippen MR) is 105 cm³/mol. The second-order valence-electron chi connectivity index (χ2n) is 6.65. The van der Waals surface area contributed by atoms with E-state index in [1.54, 1.807) is 27.7 Å². The van der Waals surface area contributed by atoms with Gasteiger partial charge in [-0.25, -0.2) is 9.37 Å². The van der Waals surface area contributed by atoms with Crippen LogP contribution >= 0.6 is 0 Å². The normalized spacial score (nSPS) is 11.4. The van der Waals surface area contributed by atoms with Crippen molar-refractivity contribution in [1.29, 1.82) is 0 Å². The molecule has 142 valence electrons. The molecule has 0 unspecified atom stereocenters. The molecule has 0 aliphatic carbocycles. The molecule has 5 nitrogen and oxygen atoms in total. The third-order valence-corrected chi connectivity index (χ3v) is 4.96. The van der Waals surface area contributed by atoms with E-state index in [0.717, 1.165) is 26.2 Å². The first kappa shape index (κ1) is 19.2. The molecule has 0 radical (unpaired) electrons. The van der Waals surface area contributed by atoms with Crippen molar-refractivity contribution >= 4 is 10.9 Å². The Labute approximate surface area is 158 Å². The van der Waals surface area contributed by atoms with Gasteiger partial charge in [0.2, 0.25) is 0 Å². The topological polar surface area (TPSA) is 55.9 Å². The SMILES string of the molecule is CC[NH+](CC)CC[NH2+]Cc1nc2ccccc2c(=O)n1-c1ccc(F)cc1. The fourth-order valence-corrected chi connectivity index (χ4v) is 3.31. The fraction of sp³-hybridized carbons (Fsp3) is 0.333. The summed E-state index contributed by atoms with van der Waals surface area (Å²) < 4.78 is 14.9. The van der Waals surface area contributed by atoms with Gasteiger partial charge in [0.05, 0.1) is 29.7 Å². The molecule has 1 heterocycles. The second-order valence-corrected chi connectivity index (χ2v) is 6.65. The van der Waals surface area contributed by atoms with Crippen molar-refractivity contribution in [2.75, 3.05) is 26.2 Å². The Bertz CT molecular complexity index is 949. The van der Waals surface area contributed by atoms with Crippen LogP contribution in [0.3, 0.4) is 0 Å². The van der Waals surface area contributed by atoms with E-state index in [4.69, 9.17) is 4.98 Å². The largest absolute Gasteiger partial charge is 0.335 e. The second kappa shape index (κ2) is 8.88. The molecule has 0 atom stereocenters. The van der Waals surface area contributed by atoms with Gasteiger partial charge < -0.3 is 10.2 Å². The van der Waals surface area contributed by atoms with Gasteiger partial charge >= 0.3 is 0 Å². The lowest BCUT2D eigenvalue weighted by atomic mass is 10.2. The molecule has 0 bridgehead atoms. The zero-order valence-corrected chi connectivity index (χ0v) is 15.9. The number of nitrogens with zero attached hydrogens (tertiary/aromatic N) is 2. The average molecular weight is 370 g/mol. The first-order valence-corrected chi connectivity index (χ1v) is 9.55. The molecule has 0 aliphatic heterocycles.